The Morgan fingerprint density at radius 3 is 2.86 bits per heavy atom. The number of aryl methyl sites for hydroxylation is 1. The van der Waals surface area contributed by atoms with E-state index in [4.69, 9.17) is 22.0 Å². The van der Waals surface area contributed by atoms with Crippen LogP contribution in [0.25, 0.3) is 0 Å². The summed E-state index contributed by atoms with van der Waals surface area (Å²) in [7, 11) is 0. The number of aliphatic carboxylic acids is 1. The first kappa shape index (κ1) is 16.5. The first-order valence-electron chi connectivity index (χ1n) is 7.24. The van der Waals surface area contributed by atoms with Crippen molar-refractivity contribution in [2.45, 2.75) is 38.8 Å². The minimum Gasteiger partial charge on any atom is -0.480 e. The summed E-state index contributed by atoms with van der Waals surface area (Å²) in [6.07, 6.45) is 1.72. The molecule has 6 nitrogen and oxygen atoms in total. The standard InChI is InChI=1S/C15H19ClN4O2/c1-3-20(8-14(21)22)12-5-11(6-12)19-15-13(16)4-10(7-17)9(2)18-15/h4,11-12H,3,5-6,8H2,1-2H3,(H,18,19)(H,21,22). The summed E-state index contributed by atoms with van der Waals surface area (Å²) in [5.41, 5.74) is 1.12. The van der Waals surface area contributed by atoms with E-state index in [1.807, 2.05) is 11.8 Å². The minimum absolute atomic E-state index is 0.0723. The Bertz CT molecular complexity index is 608. The second-order valence-electron chi connectivity index (χ2n) is 5.49. The lowest BCUT2D eigenvalue weighted by atomic mass is 9.85. The lowest BCUT2D eigenvalue weighted by Gasteiger charge is -2.42. The van der Waals surface area contributed by atoms with Crippen LogP contribution in [-0.2, 0) is 4.79 Å². The van der Waals surface area contributed by atoms with Crippen molar-refractivity contribution in [3.63, 3.8) is 0 Å². The molecule has 0 radical (unpaired) electrons. The van der Waals surface area contributed by atoms with Gasteiger partial charge in [0, 0.05) is 12.1 Å². The average molecular weight is 323 g/mol. The molecular weight excluding hydrogens is 304 g/mol. The number of anilines is 1. The van der Waals surface area contributed by atoms with Gasteiger partial charge < -0.3 is 10.4 Å². The van der Waals surface area contributed by atoms with Gasteiger partial charge in [-0.15, -0.1) is 0 Å². The van der Waals surface area contributed by atoms with E-state index in [1.54, 1.807) is 13.0 Å². The van der Waals surface area contributed by atoms with E-state index in [-0.39, 0.29) is 18.6 Å². The monoisotopic (exact) mass is 322 g/mol. The molecule has 0 atom stereocenters. The number of carbonyl (C=O) groups is 1. The quantitative estimate of drug-likeness (QED) is 0.835. The van der Waals surface area contributed by atoms with Crippen LogP contribution in [-0.4, -0.2) is 46.1 Å². The van der Waals surface area contributed by atoms with E-state index in [9.17, 15) is 4.79 Å². The highest BCUT2D eigenvalue weighted by Crippen LogP contribution is 2.31. The van der Waals surface area contributed by atoms with Gasteiger partial charge in [0.05, 0.1) is 22.8 Å². The van der Waals surface area contributed by atoms with Crippen LogP contribution >= 0.6 is 11.6 Å². The summed E-state index contributed by atoms with van der Waals surface area (Å²) in [6.45, 7) is 4.53. The topological polar surface area (TPSA) is 89.2 Å². The Balaban J connectivity index is 1.94. The third kappa shape index (κ3) is 3.67. The molecule has 7 heteroatoms. The number of rotatable bonds is 6. The number of hydrogen-bond acceptors (Lipinski definition) is 5. The fraction of sp³-hybridized carbons (Fsp3) is 0.533. The van der Waals surface area contributed by atoms with Gasteiger partial charge in [-0.25, -0.2) is 4.98 Å². The van der Waals surface area contributed by atoms with Gasteiger partial charge in [-0.2, -0.15) is 5.26 Å². The molecule has 1 aliphatic carbocycles. The third-order valence-electron chi connectivity index (χ3n) is 4.00. The number of nitrogens with one attached hydrogen (secondary N) is 1. The van der Waals surface area contributed by atoms with Crippen LogP contribution in [0.15, 0.2) is 6.07 Å². The molecule has 0 spiro atoms. The summed E-state index contributed by atoms with van der Waals surface area (Å²) < 4.78 is 0. The zero-order valence-electron chi connectivity index (χ0n) is 12.6. The van der Waals surface area contributed by atoms with Crippen molar-refractivity contribution in [2.24, 2.45) is 0 Å². The van der Waals surface area contributed by atoms with Gasteiger partial charge in [0.15, 0.2) is 0 Å². The molecular formula is C15H19ClN4O2. The Kier molecular flexibility index (Phi) is 5.22. The van der Waals surface area contributed by atoms with Gasteiger partial charge in [0.25, 0.3) is 0 Å². The van der Waals surface area contributed by atoms with Crippen LogP contribution in [0.5, 0.6) is 0 Å². The Labute approximate surface area is 134 Å². The number of pyridine rings is 1. The van der Waals surface area contributed by atoms with Crippen LogP contribution in [0, 0.1) is 18.3 Å². The van der Waals surface area contributed by atoms with Crippen LogP contribution in [0.2, 0.25) is 5.02 Å². The molecule has 0 saturated heterocycles. The molecule has 0 bridgehead atoms. The zero-order chi connectivity index (χ0) is 16.3. The number of carboxylic acids is 1. The van der Waals surface area contributed by atoms with E-state index in [0.29, 0.717) is 22.1 Å². The van der Waals surface area contributed by atoms with E-state index in [2.05, 4.69) is 16.4 Å². The highest BCUT2D eigenvalue weighted by molar-refractivity contribution is 6.33. The van der Waals surface area contributed by atoms with Gasteiger partial charge in [-0.1, -0.05) is 18.5 Å². The number of aromatic nitrogens is 1. The molecule has 0 amide bonds. The van der Waals surface area contributed by atoms with E-state index < -0.39 is 5.97 Å². The maximum absolute atomic E-state index is 10.8. The molecule has 22 heavy (non-hydrogen) atoms. The van der Waals surface area contributed by atoms with E-state index in [1.165, 1.54) is 0 Å². The lowest BCUT2D eigenvalue weighted by Crippen LogP contribution is -2.51. The smallest absolute Gasteiger partial charge is 0.317 e. The zero-order valence-corrected chi connectivity index (χ0v) is 13.4. The predicted octanol–water partition coefficient (Wildman–Crippen LogP) is 2.26. The Morgan fingerprint density at radius 1 is 1.64 bits per heavy atom. The van der Waals surface area contributed by atoms with Crippen molar-refractivity contribution in [3.8, 4) is 6.07 Å². The normalized spacial score (nSPS) is 20.3. The molecule has 1 fully saturated rings. The highest BCUT2D eigenvalue weighted by atomic mass is 35.5. The summed E-state index contributed by atoms with van der Waals surface area (Å²) >= 11 is 6.14. The van der Waals surface area contributed by atoms with Crippen LogP contribution < -0.4 is 5.32 Å². The molecule has 1 aromatic heterocycles. The average Bonchev–Trinajstić information content (AvgIpc) is 2.43. The summed E-state index contributed by atoms with van der Waals surface area (Å²) in [5, 5.41) is 21.5. The fourth-order valence-corrected chi connectivity index (χ4v) is 2.87. The maximum atomic E-state index is 10.8. The van der Waals surface area contributed by atoms with E-state index >= 15 is 0 Å². The van der Waals surface area contributed by atoms with Crippen molar-refractivity contribution >= 4 is 23.4 Å². The fourth-order valence-electron chi connectivity index (χ4n) is 2.67. The Hall–Kier alpha value is -1.84. The second-order valence-corrected chi connectivity index (χ2v) is 5.89. The summed E-state index contributed by atoms with van der Waals surface area (Å²) in [5.74, 6) is -0.214. The first-order chi connectivity index (χ1) is 10.4. The number of likely N-dealkylation sites (N-methyl/N-ethyl adjacent to an activating group) is 1. The van der Waals surface area contributed by atoms with Gasteiger partial charge in [0.2, 0.25) is 0 Å². The van der Waals surface area contributed by atoms with Gasteiger partial charge in [-0.3, -0.25) is 9.69 Å². The molecule has 0 aliphatic heterocycles. The van der Waals surface area contributed by atoms with Gasteiger partial charge in [-0.05, 0) is 32.4 Å². The van der Waals surface area contributed by atoms with Crippen molar-refractivity contribution < 1.29 is 9.90 Å². The van der Waals surface area contributed by atoms with Crippen LogP contribution in [0.1, 0.15) is 31.0 Å². The summed E-state index contributed by atoms with van der Waals surface area (Å²) in [4.78, 5) is 17.1. The lowest BCUT2D eigenvalue weighted by molar-refractivity contribution is -0.139. The maximum Gasteiger partial charge on any atom is 0.317 e. The molecule has 2 N–H and O–H groups in total. The number of hydrogen-bond donors (Lipinski definition) is 2. The molecule has 2 rings (SSSR count). The van der Waals surface area contributed by atoms with Crippen molar-refractivity contribution in [1.29, 1.82) is 5.26 Å². The molecule has 1 aliphatic rings. The number of halogens is 1. The summed E-state index contributed by atoms with van der Waals surface area (Å²) in [6, 6.07) is 4.17. The number of nitriles is 1. The molecule has 0 unspecified atom stereocenters. The van der Waals surface area contributed by atoms with Crippen LogP contribution in [0.4, 0.5) is 5.82 Å². The number of nitrogens with zero attached hydrogens (tertiary/aromatic N) is 3. The van der Waals surface area contributed by atoms with E-state index in [0.717, 1.165) is 19.4 Å². The van der Waals surface area contributed by atoms with Crippen molar-refractivity contribution in [2.75, 3.05) is 18.4 Å². The first-order valence-corrected chi connectivity index (χ1v) is 7.62. The van der Waals surface area contributed by atoms with Crippen LogP contribution in [0.3, 0.4) is 0 Å². The predicted molar refractivity (Wildman–Crippen MR) is 84.0 cm³/mol. The molecule has 0 aromatic carbocycles. The Morgan fingerprint density at radius 2 is 2.32 bits per heavy atom. The molecule has 1 aromatic rings. The molecule has 1 saturated carbocycles. The van der Waals surface area contributed by atoms with Crippen molar-refractivity contribution in [3.05, 3.63) is 22.3 Å². The highest BCUT2D eigenvalue weighted by Gasteiger charge is 2.34. The number of carboxylic acid groups (broad SMARTS) is 1. The second kappa shape index (κ2) is 6.95. The third-order valence-corrected chi connectivity index (χ3v) is 4.29. The molecule has 118 valence electrons. The van der Waals surface area contributed by atoms with Gasteiger partial charge in [0.1, 0.15) is 11.9 Å². The minimum atomic E-state index is -0.800. The molecule has 1 heterocycles. The SMILES string of the molecule is CCN(CC(=O)O)C1CC(Nc2nc(C)c(C#N)cc2Cl)C1. The van der Waals surface area contributed by atoms with Crippen molar-refractivity contribution in [1.82, 2.24) is 9.88 Å². The van der Waals surface area contributed by atoms with Gasteiger partial charge >= 0.3 is 5.97 Å². The largest absolute Gasteiger partial charge is 0.480 e.